The summed E-state index contributed by atoms with van der Waals surface area (Å²) in [6.07, 6.45) is 5.85. The summed E-state index contributed by atoms with van der Waals surface area (Å²) in [7, 11) is 0. The molecule has 2 N–H and O–H groups in total. The minimum absolute atomic E-state index is 0. The largest absolute Gasteiger partial charge is 0.357 e. The Labute approximate surface area is 188 Å². The second kappa shape index (κ2) is 10.5. The molecule has 0 aromatic rings. The Bertz CT molecular complexity index is 539. The lowest BCUT2D eigenvalue weighted by Crippen LogP contribution is -2.55. The van der Waals surface area contributed by atoms with Crippen LogP contribution in [0.25, 0.3) is 0 Å². The zero-order chi connectivity index (χ0) is 19.4. The van der Waals surface area contributed by atoms with Crippen molar-refractivity contribution in [3.63, 3.8) is 0 Å². The number of rotatable bonds is 5. The van der Waals surface area contributed by atoms with Crippen LogP contribution in [-0.4, -0.2) is 73.5 Å². The summed E-state index contributed by atoms with van der Waals surface area (Å²) in [6.45, 7) is 14.4. The number of nitrogens with one attached hydrogen (secondary N) is 2. The average Bonchev–Trinajstić information content (AvgIpc) is 3.27. The van der Waals surface area contributed by atoms with Crippen LogP contribution in [0.1, 0.15) is 53.4 Å². The molecule has 0 radical (unpaired) electrons. The van der Waals surface area contributed by atoms with Crippen molar-refractivity contribution in [2.75, 3.05) is 45.8 Å². The van der Waals surface area contributed by atoms with E-state index in [0.29, 0.717) is 13.1 Å². The van der Waals surface area contributed by atoms with Gasteiger partial charge >= 0.3 is 0 Å². The van der Waals surface area contributed by atoms with E-state index in [1.807, 2.05) is 20.8 Å². The summed E-state index contributed by atoms with van der Waals surface area (Å²) in [6, 6.07) is 0.845. The molecule has 28 heavy (non-hydrogen) atoms. The fourth-order valence-corrected chi connectivity index (χ4v) is 4.95. The Balaban J connectivity index is 0.00000280. The van der Waals surface area contributed by atoms with Gasteiger partial charge in [0.15, 0.2) is 5.96 Å². The van der Waals surface area contributed by atoms with Gasteiger partial charge in [0.25, 0.3) is 0 Å². The molecular weight excluding hydrogens is 465 g/mol. The highest BCUT2D eigenvalue weighted by Gasteiger charge is 2.42. The van der Waals surface area contributed by atoms with Gasteiger partial charge in [-0.15, -0.1) is 24.0 Å². The van der Waals surface area contributed by atoms with Crippen LogP contribution in [-0.2, 0) is 4.79 Å². The smallest absolute Gasteiger partial charge is 0.225 e. The van der Waals surface area contributed by atoms with E-state index in [0.717, 1.165) is 56.6 Å². The quantitative estimate of drug-likeness (QED) is 0.261. The number of carbonyl (C=O) groups excluding carboxylic acids is 1. The third kappa shape index (κ3) is 5.97. The van der Waals surface area contributed by atoms with Gasteiger partial charge in [-0.05, 0) is 38.0 Å². The van der Waals surface area contributed by atoms with E-state index >= 15 is 0 Å². The molecule has 0 spiro atoms. The maximum absolute atomic E-state index is 12.0. The van der Waals surface area contributed by atoms with Crippen LogP contribution >= 0.6 is 24.0 Å². The van der Waals surface area contributed by atoms with Crippen molar-refractivity contribution in [2.24, 2.45) is 22.2 Å². The molecule has 1 heterocycles. The maximum atomic E-state index is 12.0. The first-order chi connectivity index (χ1) is 12.9. The molecule has 162 valence electrons. The predicted octanol–water partition coefficient (Wildman–Crippen LogP) is 2.54. The van der Waals surface area contributed by atoms with Gasteiger partial charge in [-0.3, -0.25) is 14.7 Å². The lowest BCUT2D eigenvalue weighted by atomic mass is 9.93. The zero-order valence-electron chi connectivity index (χ0n) is 18.2. The number of guanidine groups is 1. The summed E-state index contributed by atoms with van der Waals surface area (Å²) < 4.78 is 0. The number of halogens is 1. The van der Waals surface area contributed by atoms with Gasteiger partial charge in [-0.25, -0.2) is 0 Å². The molecule has 3 unspecified atom stereocenters. The highest BCUT2D eigenvalue weighted by molar-refractivity contribution is 14.0. The first-order valence-corrected chi connectivity index (χ1v) is 10.9. The fraction of sp³-hybridized carbons (Fsp3) is 0.905. The van der Waals surface area contributed by atoms with Crippen LogP contribution < -0.4 is 10.6 Å². The van der Waals surface area contributed by atoms with Crippen molar-refractivity contribution < 1.29 is 4.79 Å². The molecule has 7 heteroatoms. The fourth-order valence-electron chi connectivity index (χ4n) is 4.95. The molecule has 3 atom stereocenters. The van der Waals surface area contributed by atoms with E-state index in [1.165, 1.54) is 25.7 Å². The first-order valence-electron chi connectivity index (χ1n) is 10.9. The SMILES string of the molecule is CCNC(=NCCNC(=O)C(C)(C)C)N1CCN(C2CC3CCC2C3)CC1.I. The molecule has 2 saturated carbocycles. The third-order valence-electron chi connectivity index (χ3n) is 6.46. The highest BCUT2D eigenvalue weighted by Crippen LogP contribution is 2.46. The second-order valence-corrected chi connectivity index (χ2v) is 9.51. The van der Waals surface area contributed by atoms with Gasteiger partial charge in [0.2, 0.25) is 5.91 Å². The summed E-state index contributed by atoms with van der Waals surface area (Å²) in [5.41, 5.74) is -0.343. The van der Waals surface area contributed by atoms with Crippen LogP contribution in [0, 0.1) is 17.3 Å². The molecule has 2 bridgehead atoms. The maximum Gasteiger partial charge on any atom is 0.225 e. The summed E-state index contributed by atoms with van der Waals surface area (Å²) in [4.78, 5) is 21.8. The van der Waals surface area contributed by atoms with Gasteiger partial charge in [-0.1, -0.05) is 27.2 Å². The Morgan fingerprint density at radius 1 is 1.07 bits per heavy atom. The van der Waals surface area contributed by atoms with E-state index in [2.05, 4.69) is 27.4 Å². The molecule has 1 aliphatic heterocycles. The van der Waals surface area contributed by atoms with Gasteiger partial charge in [0, 0.05) is 50.7 Å². The monoisotopic (exact) mass is 505 g/mol. The highest BCUT2D eigenvalue weighted by atomic mass is 127. The third-order valence-corrected chi connectivity index (χ3v) is 6.46. The van der Waals surface area contributed by atoms with E-state index in [-0.39, 0.29) is 35.3 Å². The summed E-state index contributed by atoms with van der Waals surface area (Å²) >= 11 is 0. The molecule has 3 fully saturated rings. The normalized spacial score (nSPS) is 28.2. The number of amides is 1. The molecule has 0 aromatic carbocycles. The van der Waals surface area contributed by atoms with E-state index in [4.69, 9.17) is 4.99 Å². The van der Waals surface area contributed by atoms with Crippen molar-refractivity contribution >= 4 is 35.8 Å². The van der Waals surface area contributed by atoms with Crippen LogP contribution in [0.3, 0.4) is 0 Å². The van der Waals surface area contributed by atoms with Gasteiger partial charge in [0.05, 0.1) is 6.54 Å². The lowest BCUT2D eigenvalue weighted by Gasteiger charge is -2.42. The average molecular weight is 505 g/mol. The van der Waals surface area contributed by atoms with Crippen molar-refractivity contribution in [3.05, 3.63) is 0 Å². The summed E-state index contributed by atoms with van der Waals surface area (Å²) in [5, 5.41) is 6.41. The van der Waals surface area contributed by atoms with Crippen LogP contribution in [0.15, 0.2) is 4.99 Å². The number of hydrogen-bond acceptors (Lipinski definition) is 3. The van der Waals surface area contributed by atoms with Gasteiger partial charge in [0.1, 0.15) is 0 Å². The minimum Gasteiger partial charge on any atom is -0.357 e. The number of hydrogen-bond donors (Lipinski definition) is 2. The molecule has 2 aliphatic carbocycles. The number of aliphatic imine (C=N–C) groups is 1. The van der Waals surface area contributed by atoms with E-state index in [9.17, 15) is 4.79 Å². The van der Waals surface area contributed by atoms with Crippen molar-refractivity contribution in [2.45, 2.75) is 59.4 Å². The topological polar surface area (TPSA) is 60.0 Å². The van der Waals surface area contributed by atoms with Crippen molar-refractivity contribution in [1.82, 2.24) is 20.4 Å². The number of fused-ring (bicyclic) bond motifs is 2. The van der Waals surface area contributed by atoms with Gasteiger partial charge < -0.3 is 15.5 Å². The van der Waals surface area contributed by atoms with Crippen molar-refractivity contribution in [3.8, 4) is 0 Å². The Kier molecular flexibility index (Phi) is 8.85. The molecule has 3 aliphatic rings. The Morgan fingerprint density at radius 2 is 1.79 bits per heavy atom. The number of carbonyl (C=O) groups is 1. The first kappa shape index (κ1) is 23.7. The Hall–Kier alpha value is -0.570. The molecular formula is C21H40IN5O. The number of nitrogens with zero attached hydrogens (tertiary/aromatic N) is 3. The van der Waals surface area contributed by atoms with Crippen LogP contribution in [0.2, 0.25) is 0 Å². The Morgan fingerprint density at radius 3 is 2.32 bits per heavy atom. The zero-order valence-corrected chi connectivity index (χ0v) is 20.5. The van der Waals surface area contributed by atoms with Crippen molar-refractivity contribution in [1.29, 1.82) is 0 Å². The molecule has 1 saturated heterocycles. The molecule has 3 rings (SSSR count). The molecule has 1 amide bonds. The standard InChI is InChI=1S/C21H39N5O.HI/c1-5-22-20(24-9-8-23-19(27)21(2,3)4)26-12-10-25(11-13-26)18-15-16-6-7-17(18)14-16;/h16-18H,5-15H2,1-4H3,(H,22,24)(H,23,27);1H. The van der Waals surface area contributed by atoms with E-state index in [1.54, 1.807) is 0 Å². The second-order valence-electron chi connectivity index (χ2n) is 9.51. The summed E-state index contributed by atoms with van der Waals surface area (Å²) in [5.74, 6) is 3.06. The van der Waals surface area contributed by atoms with E-state index < -0.39 is 0 Å². The van der Waals surface area contributed by atoms with Crippen LogP contribution in [0.5, 0.6) is 0 Å². The number of piperazine rings is 1. The lowest BCUT2D eigenvalue weighted by molar-refractivity contribution is -0.128. The van der Waals surface area contributed by atoms with Gasteiger partial charge in [-0.2, -0.15) is 0 Å². The minimum atomic E-state index is -0.343. The predicted molar refractivity (Wildman–Crippen MR) is 126 cm³/mol. The van der Waals surface area contributed by atoms with Crippen LogP contribution in [0.4, 0.5) is 0 Å². The molecule has 6 nitrogen and oxygen atoms in total. The molecule has 0 aromatic heterocycles.